The fraction of sp³-hybridized carbons (Fsp3) is 0.409. The third kappa shape index (κ3) is 6.07. The maximum absolute atomic E-state index is 12.4. The number of rotatable bonds is 7. The molecule has 0 saturated carbocycles. The summed E-state index contributed by atoms with van der Waals surface area (Å²) in [7, 11) is 0. The molecule has 0 aromatic heterocycles. The van der Waals surface area contributed by atoms with Gasteiger partial charge in [0.2, 0.25) is 5.91 Å². The highest BCUT2D eigenvalue weighted by molar-refractivity contribution is 7.99. The van der Waals surface area contributed by atoms with Crippen LogP contribution in [0.1, 0.15) is 31.2 Å². The Balaban J connectivity index is 1.32. The molecular formula is C22H26ClNOS. The zero-order valence-corrected chi connectivity index (χ0v) is 16.6. The van der Waals surface area contributed by atoms with Gasteiger partial charge in [0.15, 0.2) is 0 Å². The second-order valence-electron chi connectivity index (χ2n) is 6.92. The van der Waals surface area contributed by atoms with Gasteiger partial charge in [-0.3, -0.25) is 4.79 Å². The lowest BCUT2D eigenvalue weighted by molar-refractivity contribution is -0.132. The van der Waals surface area contributed by atoms with Gasteiger partial charge in [-0.15, -0.1) is 11.8 Å². The van der Waals surface area contributed by atoms with E-state index < -0.39 is 0 Å². The Kier molecular flexibility index (Phi) is 7.45. The molecule has 0 aliphatic carbocycles. The first-order chi connectivity index (χ1) is 12.7. The molecule has 138 valence electrons. The molecule has 0 radical (unpaired) electrons. The quantitative estimate of drug-likeness (QED) is 0.449. The summed E-state index contributed by atoms with van der Waals surface area (Å²) in [5.74, 6) is 2.00. The average Bonchev–Trinajstić information content (AvgIpc) is 2.68. The molecule has 1 amide bonds. The maximum Gasteiger partial charge on any atom is 0.222 e. The van der Waals surface area contributed by atoms with Crippen LogP contribution in [0.2, 0.25) is 5.02 Å². The number of benzene rings is 2. The molecule has 1 aliphatic heterocycles. The SMILES string of the molecule is O=C(CCCSc1ccc(Cl)cc1)N1CCC(Cc2ccccc2)CC1. The van der Waals surface area contributed by atoms with E-state index in [-0.39, 0.29) is 0 Å². The van der Waals surface area contributed by atoms with E-state index in [0.29, 0.717) is 18.2 Å². The summed E-state index contributed by atoms with van der Waals surface area (Å²) in [4.78, 5) is 15.7. The minimum Gasteiger partial charge on any atom is -0.343 e. The molecule has 0 spiro atoms. The molecule has 3 rings (SSSR count). The smallest absolute Gasteiger partial charge is 0.222 e. The normalized spacial score (nSPS) is 15.2. The number of amides is 1. The van der Waals surface area contributed by atoms with Crippen LogP contribution in [0.5, 0.6) is 0 Å². The van der Waals surface area contributed by atoms with Gasteiger partial charge in [0.05, 0.1) is 0 Å². The van der Waals surface area contributed by atoms with E-state index in [2.05, 4.69) is 35.2 Å². The van der Waals surface area contributed by atoms with Gasteiger partial charge in [0.25, 0.3) is 0 Å². The summed E-state index contributed by atoms with van der Waals surface area (Å²) >= 11 is 7.69. The van der Waals surface area contributed by atoms with Crippen LogP contribution in [0.3, 0.4) is 0 Å². The Morgan fingerprint density at radius 1 is 1.04 bits per heavy atom. The Bertz CT molecular complexity index is 681. The number of piperidine rings is 1. The number of carbonyl (C=O) groups is 1. The second-order valence-corrected chi connectivity index (χ2v) is 8.52. The van der Waals surface area contributed by atoms with Crippen LogP contribution in [0.15, 0.2) is 59.5 Å². The van der Waals surface area contributed by atoms with E-state index in [1.807, 2.05) is 24.3 Å². The molecule has 26 heavy (non-hydrogen) atoms. The fourth-order valence-electron chi connectivity index (χ4n) is 3.44. The number of hydrogen-bond donors (Lipinski definition) is 0. The number of carbonyl (C=O) groups excluding carboxylic acids is 1. The van der Waals surface area contributed by atoms with Crippen LogP contribution in [0.25, 0.3) is 0 Å². The van der Waals surface area contributed by atoms with Crippen LogP contribution in [-0.4, -0.2) is 29.6 Å². The van der Waals surface area contributed by atoms with Crippen LogP contribution in [0, 0.1) is 5.92 Å². The minimum absolute atomic E-state index is 0.319. The van der Waals surface area contributed by atoms with Gasteiger partial charge >= 0.3 is 0 Å². The molecule has 0 N–H and O–H groups in total. The molecule has 1 fully saturated rings. The summed E-state index contributed by atoms with van der Waals surface area (Å²) in [6, 6.07) is 18.6. The van der Waals surface area contributed by atoms with E-state index in [1.165, 1.54) is 10.5 Å². The van der Waals surface area contributed by atoms with Gasteiger partial charge in [-0.05, 0) is 67.2 Å². The topological polar surface area (TPSA) is 20.3 Å². The lowest BCUT2D eigenvalue weighted by atomic mass is 9.90. The number of hydrogen-bond acceptors (Lipinski definition) is 2. The van der Waals surface area contributed by atoms with Crippen molar-refractivity contribution < 1.29 is 4.79 Å². The first-order valence-corrected chi connectivity index (χ1v) is 10.8. The summed E-state index contributed by atoms with van der Waals surface area (Å²) in [6.07, 6.45) is 4.97. The number of halogens is 1. The second kappa shape index (κ2) is 10.0. The molecule has 0 atom stereocenters. The van der Waals surface area contributed by atoms with E-state index >= 15 is 0 Å². The summed E-state index contributed by atoms with van der Waals surface area (Å²) in [5.41, 5.74) is 1.41. The predicted molar refractivity (Wildman–Crippen MR) is 111 cm³/mol. The van der Waals surface area contributed by atoms with E-state index in [0.717, 1.165) is 49.5 Å². The van der Waals surface area contributed by atoms with Crippen molar-refractivity contribution in [2.24, 2.45) is 5.92 Å². The van der Waals surface area contributed by atoms with Crippen LogP contribution in [0.4, 0.5) is 0 Å². The fourth-order valence-corrected chi connectivity index (χ4v) is 4.42. The molecular weight excluding hydrogens is 362 g/mol. The monoisotopic (exact) mass is 387 g/mol. The van der Waals surface area contributed by atoms with E-state index in [9.17, 15) is 4.79 Å². The van der Waals surface area contributed by atoms with Crippen molar-refractivity contribution in [2.75, 3.05) is 18.8 Å². The van der Waals surface area contributed by atoms with Crippen molar-refractivity contribution in [2.45, 2.75) is 37.0 Å². The highest BCUT2D eigenvalue weighted by Crippen LogP contribution is 2.24. The van der Waals surface area contributed by atoms with Gasteiger partial charge in [0.1, 0.15) is 0 Å². The summed E-state index contributed by atoms with van der Waals surface area (Å²) in [5, 5.41) is 0.764. The Labute approximate surface area is 165 Å². The lowest BCUT2D eigenvalue weighted by Crippen LogP contribution is -2.38. The summed E-state index contributed by atoms with van der Waals surface area (Å²) in [6.45, 7) is 1.83. The van der Waals surface area contributed by atoms with E-state index in [4.69, 9.17) is 11.6 Å². The molecule has 1 heterocycles. The third-order valence-electron chi connectivity index (χ3n) is 4.95. The molecule has 4 heteroatoms. The standard InChI is InChI=1S/C22H26ClNOS/c23-20-8-10-21(11-9-20)26-16-4-7-22(25)24-14-12-19(13-15-24)17-18-5-2-1-3-6-18/h1-3,5-6,8-11,19H,4,7,12-17H2. The Morgan fingerprint density at radius 2 is 1.73 bits per heavy atom. The Morgan fingerprint density at radius 3 is 2.42 bits per heavy atom. The first-order valence-electron chi connectivity index (χ1n) is 9.41. The third-order valence-corrected chi connectivity index (χ3v) is 6.30. The zero-order valence-electron chi connectivity index (χ0n) is 15.1. The van der Waals surface area contributed by atoms with Gasteiger partial charge in [-0.2, -0.15) is 0 Å². The van der Waals surface area contributed by atoms with Crippen LogP contribution < -0.4 is 0 Å². The minimum atomic E-state index is 0.319. The van der Waals surface area contributed by atoms with Gasteiger partial charge in [0, 0.05) is 29.4 Å². The molecule has 1 aliphatic rings. The number of thioether (sulfide) groups is 1. The molecule has 2 aromatic rings. The van der Waals surface area contributed by atoms with Gasteiger partial charge < -0.3 is 4.90 Å². The molecule has 1 saturated heterocycles. The van der Waals surface area contributed by atoms with Gasteiger partial charge in [-0.1, -0.05) is 41.9 Å². The van der Waals surface area contributed by atoms with Crippen molar-refractivity contribution in [1.29, 1.82) is 0 Å². The van der Waals surface area contributed by atoms with Crippen molar-refractivity contribution >= 4 is 29.3 Å². The van der Waals surface area contributed by atoms with Crippen LogP contribution >= 0.6 is 23.4 Å². The number of nitrogens with zero attached hydrogens (tertiary/aromatic N) is 1. The van der Waals surface area contributed by atoms with Crippen molar-refractivity contribution in [3.63, 3.8) is 0 Å². The van der Waals surface area contributed by atoms with Gasteiger partial charge in [-0.25, -0.2) is 0 Å². The first kappa shape index (κ1) is 19.3. The number of likely N-dealkylation sites (tertiary alicyclic amines) is 1. The average molecular weight is 388 g/mol. The highest BCUT2D eigenvalue weighted by atomic mass is 35.5. The van der Waals surface area contributed by atoms with Crippen molar-refractivity contribution in [3.8, 4) is 0 Å². The van der Waals surface area contributed by atoms with Crippen LogP contribution in [-0.2, 0) is 11.2 Å². The molecule has 2 nitrogen and oxygen atoms in total. The Hall–Kier alpha value is -1.45. The van der Waals surface area contributed by atoms with Crippen molar-refractivity contribution in [3.05, 3.63) is 65.2 Å². The lowest BCUT2D eigenvalue weighted by Gasteiger charge is -2.32. The van der Waals surface area contributed by atoms with Crippen molar-refractivity contribution in [1.82, 2.24) is 4.90 Å². The molecule has 0 bridgehead atoms. The largest absolute Gasteiger partial charge is 0.343 e. The zero-order chi connectivity index (χ0) is 18.2. The molecule has 2 aromatic carbocycles. The maximum atomic E-state index is 12.4. The van der Waals surface area contributed by atoms with E-state index in [1.54, 1.807) is 11.8 Å². The highest BCUT2D eigenvalue weighted by Gasteiger charge is 2.22. The predicted octanol–water partition coefficient (Wildman–Crippen LogP) is 5.69. The molecule has 0 unspecified atom stereocenters. The summed E-state index contributed by atoms with van der Waals surface area (Å²) < 4.78 is 0.